The fourth-order valence-corrected chi connectivity index (χ4v) is 3.98. The third-order valence-corrected chi connectivity index (χ3v) is 5.56. The highest BCUT2D eigenvalue weighted by atomic mass is 35.5. The average molecular weight is 394 g/mol. The minimum Gasteiger partial charge on any atom is -0.341 e. The van der Waals surface area contributed by atoms with Gasteiger partial charge in [-0.15, -0.1) is 12.4 Å². The number of aryl methyl sites for hydroxylation is 1. The Morgan fingerprint density at radius 3 is 2.44 bits per heavy atom. The summed E-state index contributed by atoms with van der Waals surface area (Å²) in [5.41, 5.74) is 1.98. The molecule has 2 fully saturated rings. The number of nitrogens with zero attached hydrogens (tertiary/aromatic N) is 2. The van der Waals surface area contributed by atoms with E-state index in [1.54, 1.807) is 0 Å². The quantitative estimate of drug-likeness (QED) is 0.723. The van der Waals surface area contributed by atoms with Gasteiger partial charge in [-0.2, -0.15) is 0 Å². The number of Topliss-reactive ketones (excluding diaryl/α,β-unsaturated/α-hetero) is 1. The number of ketones is 1. The first-order chi connectivity index (χ1) is 12.7. The Bertz CT molecular complexity index is 614. The van der Waals surface area contributed by atoms with Gasteiger partial charge in [-0.3, -0.25) is 14.5 Å². The van der Waals surface area contributed by atoms with E-state index in [-0.39, 0.29) is 24.1 Å². The summed E-state index contributed by atoms with van der Waals surface area (Å²) < 4.78 is 0. The van der Waals surface area contributed by atoms with Crippen LogP contribution in [0.25, 0.3) is 0 Å². The first kappa shape index (κ1) is 21.9. The number of piperazine rings is 1. The molecular weight excluding hydrogens is 362 g/mol. The molecule has 0 aromatic heterocycles. The van der Waals surface area contributed by atoms with Crippen LogP contribution in [0.2, 0.25) is 0 Å². The van der Waals surface area contributed by atoms with Crippen molar-refractivity contribution in [3.05, 3.63) is 35.4 Å². The molecular formula is C21H32ClN3O2. The molecule has 0 saturated carbocycles. The summed E-state index contributed by atoms with van der Waals surface area (Å²) in [4.78, 5) is 29.3. The molecule has 1 unspecified atom stereocenters. The molecule has 3 rings (SSSR count). The van der Waals surface area contributed by atoms with Crippen LogP contribution in [-0.2, 0) is 11.2 Å². The normalized spacial score (nSPS) is 20.3. The van der Waals surface area contributed by atoms with E-state index in [0.29, 0.717) is 18.9 Å². The van der Waals surface area contributed by atoms with E-state index < -0.39 is 0 Å². The number of carbonyl (C=O) groups is 2. The number of hydrogen-bond donors (Lipinski definition) is 1. The number of hydrogen-bond acceptors (Lipinski definition) is 4. The Kier molecular flexibility index (Phi) is 8.74. The Morgan fingerprint density at radius 2 is 1.78 bits per heavy atom. The van der Waals surface area contributed by atoms with Gasteiger partial charge < -0.3 is 10.2 Å². The van der Waals surface area contributed by atoms with Gasteiger partial charge in [0.25, 0.3) is 0 Å². The summed E-state index contributed by atoms with van der Waals surface area (Å²) >= 11 is 0. The molecule has 150 valence electrons. The molecule has 2 aliphatic heterocycles. The van der Waals surface area contributed by atoms with Crippen LogP contribution in [0.3, 0.4) is 0 Å². The molecule has 1 aromatic carbocycles. The molecule has 1 aromatic rings. The molecule has 5 nitrogen and oxygen atoms in total. The molecule has 2 saturated heterocycles. The Morgan fingerprint density at radius 1 is 1.07 bits per heavy atom. The monoisotopic (exact) mass is 393 g/mol. The van der Waals surface area contributed by atoms with Crippen LogP contribution in [0.1, 0.15) is 48.5 Å². The van der Waals surface area contributed by atoms with Crippen molar-refractivity contribution in [3.63, 3.8) is 0 Å². The lowest BCUT2D eigenvalue weighted by Gasteiger charge is -2.32. The van der Waals surface area contributed by atoms with E-state index >= 15 is 0 Å². The summed E-state index contributed by atoms with van der Waals surface area (Å²) in [7, 11) is 0. The van der Waals surface area contributed by atoms with E-state index in [1.165, 1.54) is 5.56 Å². The van der Waals surface area contributed by atoms with Crippen molar-refractivity contribution in [2.24, 2.45) is 0 Å². The van der Waals surface area contributed by atoms with Crippen LogP contribution < -0.4 is 5.32 Å². The van der Waals surface area contributed by atoms with Gasteiger partial charge in [0.1, 0.15) is 0 Å². The lowest BCUT2D eigenvalue weighted by Crippen LogP contribution is -2.49. The second kappa shape index (κ2) is 10.8. The van der Waals surface area contributed by atoms with Crippen LogP contribution >= 0.6 is 12.4 Å². The fourth-order valence-electron chi connectivity index (χ4n) is 3.98. The molecule has 1 atom stereocenters. The summed E-state index contributed by atoms with van der Waals surface area (Å²) in [6, 6.07) is 8.33. The lowest BCUT2D eigenvalue weighted by atomic mass is 10.0. The summed E-state index contributed by atoms with van der Waals surface area (Å²) in [6.07, 6.45) is 3.83. The second-order valence-corrected chi connectivity index (χ2v) is 7.44. The summed E-state index contributed by atoms with van der Waals surface area (Å²) in [5, 5.41) is 3.37. The number of likely N-dealkylation sites (tertiary alicyclic amines) is 1. The molecule has 2 aliphatic rings. The topological polar surface area (TPSA) is 52.7 Å². The smallest absolute Gasteiger partial charge is 0.223 e. The third kappa shape index (κ3) is 6.03. The van der Waals surface area contributed by atoms with Gasteiger partial charge in [0, 0.05) is 63.7 Å². The molecule has 0 aliphatic carbocycles. The van der Waals surface area contributed by atoms with Crippen molar-refractivity contribution in [1.82, 2.24) is 15.1 Å². The number of nitrogens with one attached hydrogen (secondary N) is 1. The zero-order valence-electron chi connectivity index (χ0n) is 16.3. The van der Waals surface area contributed by atoms with Crippen molar-refractivity contribution in [1.29, 1.82) is 0 Å². The highest BCUT2D eigenvalue weighted by molar-refractivity contribution is 5.98. The van der Waals surface area contributed by atoms with Gasteiger partial charge in [-0.05, 0) is 18.4 Å². The van der Waals surface area contributed by atoms with Gasteiger partial charge >= 0.3 is 0 Å². The highest BCUT2D eigenvalue weighted by Gasteiger charge is 2.30. The minimum atomic E-state index is 0. The maximum Gasteiger partial charge on any atom is 0.223 e. The van der Waals surface area contributed by atoms with E-state index in [2.05, 4.69) is 17.1 Å². The first-order valence-electron chi connectivity index (χ1n) is 10.0. The zero-order chi connectivity index (χ0) is 18.4. The maximum atomic E-state index is 12.5. The standard InChI is InChI=1S/C21H31N3O2.ClH/c1-2-3-17-4-6-18(7-5-17)20(25)8-9-21(26)24-13-10-19(16-24)23-14-11-22-12-15-23;/h4-7,19,22H,2-3,8-16H2,1H3;1H. The second-order valence-electron chi connectivity index (χ2n) is 7.44. The van der Waals surface area contributed by atoms with Gasteiger partial charge in [0.15, 0.2) is 5.78 Å². The maximum absolute atomic E-state index is 12.5. The van der Waals surface area contributed by atoms with Gasteiger partial charge in [0.05, 0.1) is 0 Å². The van der Waals surface area contributed by atoms with Crippen molar-refractivity contribution in [2.75, 3.05) is 39.3 Å². The number of rotatable bonds is 7. The number of halogens is 1. The minimum absolute atomic E-state index is 0. The van der Waals surface area contributed by atoms with Crippen molar-refractivity contribution < 1.29 is 9.59 Å². The predicted octanol–water partition coefficient (Wildman–Crippen LogP) is 2.53. The number of amides is 1. The Balaban J connectivity index is 0.00000261. The molecule has 0 spiro atoms. The summed E-state index contributed by atoms with van der Waals surface area (Å²) in [6.45, 7) is 8.01. The molecule has 0 radical (unpaired) electrons. The van der Waals surface area contributed by atoms with Crippen molar-refractivity contribution in [2.45, 2.75) is 45.1 Å². The van der Waals surface area contributed by atoms with E-state index in [1.807, 2.05) is 29.2 Å². The molecule has 27 heavy (non-hydrogen) atoms. The van der Waals surface area contributed by atoms with Crippen LogP contribution in [0.15, 0.2) is 24.3 Å². The molecule has 2 heterocycles. The largest absolute Gasteiger partial charge is 0.341 e. The van der Waals surface area contributed by atoms with E-state index in [0.717, 1.165) is 64.1 Å². The predicted molar refractivity (Wildman–Crippen MR) is 111 cm³/mol. The van der Waals surface area contributed by atoms with Gasteiger partial charge in [-0.25, -0.2) is 0 Å². The van der Waals surface area contributed by atoms with Gasteiger partial charge in [0.2, 0.25) is 5.91 Å². The molecule has 6 heteroatoms. The van der Waals surface area contributed by atoms with E-state index in [9.17, 15) is 9.59 Å². The zero-order valence-corrected chi connectivity index (χ0v) is 17.1. The number of benzene rings is 1. The lowest BCUT2D eigenvalue weighted by molar-refractivity contribution is -0.130. The van der Waals surface area contributed by atoms with Crippen LogP contribution in [0.4, 0.5) is 0 Å². The average Bonchev–Trinajstić information content (AvgIpc) is 3.18. The first-order valence-corrected chi connectivity index (χ1v) is 10.0. The molecule has 0 bridgehead atoms. The third-order valence-electron chi connectivity index (χ3n) is 5.56. The SMILES string of the molecule is CCCc1ccc(C(=O)CCC(=O)N2CCC(N3CCNCC3)C2)cc1.Cl. The Labute approximate surface area is 168 Å². The highest BCUT2D eigenvalue weighted by Crippen LogP contribution is 2.18. The van der Waals surface area contributed by atoms with Crippen molar-refractivity contribution in [3.8, 4) is 0 Å². The molecule has 1 N–H and O–H groups in total. The van der Waals surface area contributed by atoms with Gasteiger partial charge in [-0.1, -0.05) is 37.6 Å². The van der Waals surface area contributed by atoms with Crippen LogP contribution in [-0.4, -0.2) is 66.8 Å². The Hall–Kier alpha value is -1.43. The number of carbonyl (C=O) groups excluding carboxylic acids is 2. The van der Waals surface area contributed by atoms with Crippen LogP contribution in [0, 0.1) is 0 Å². The fraction of sp³-hybridized carbons (Fsp3) is 0.619. The van der Waals surface area contributed by atoms with Crippen molar-refractivity contribution >= 4 is 24.1 Å². The van der Waals surface area contributed by atoms with Crippen LogP contribution in [0.5, 0.6) is 0 Å². The molecule has 1 amide bonds. The summed E-state index contributed by atoms with van der Waals surface area (Å²) in [5.74, 6) is 0.192. The van der Waals surface area contributed by atoms with E-state index in [4.69, 9.17) is 0 Å².